The fourth-order valence-electron chi connectivity index (χ4n) is 3.03. The molecule has 1 atom stereocenters. The van der Waals surface area contributed by atoms with E-state index >= 15 is 0 Å². The second-order valence-electron chi connectivity index (χ2n) is 6.91. The number of thioether (sulfide) groups is 1. The number of rotatable bonds is 10. The van der Waals surface area contributed by atoms with E-state index in [0.29, 0.717) is 6.61 Å². The minimum Gasteiger partial charge on any atom is -0.383 e. The van der Waals surface area contributed by atoms with Crippen molar-refractivity contribution in [2.45, 2.75) is 31.1 Å². The number of benzene rings is 2. The van der Waals surface area contributed by atoms with E-state index in [1.54, 1.807) is 7.11 Å². The van der Waals surface area contributed by atoms with Crippen LogP contribution < -0.4 is 5.32 Å². The van der Waals surface area contributed by atoms with Crippen molar-refractivity contribution in [3.8, 4) is 11.4 Å². The summed E-state index contributed by atoms with van der Waals surface area (Å²) in [6.07, 6.45) is 0.854. The van der Waals surface area contributed by atoms with Crippen molar-refractivity contribution in [3.05, 3.63) is 64.6 Å². The summed E-state index contributed by atoms with van der Waals surface area (Å²) in [6, 6.07) is 18.3. The van der Waals surface area contributed by atoms with Crippen LogP contribution in [0.4, 0.5) is 0 Å². The molecule has 0 fully saturated rings. The zero-order valence-electron chi connectivity index (χ0n) is 17.0. The quantitative estimate of drug-likeness (QED) is 0.433. The summed E-state index contributed by atoms with van der Waals surface area (Å²) in [7, 11) is 1.62. The molecule has 8 heteroatoms. The van der Waals surface area contributed by atoms with Gasteiger partial charge in [0.25, 0.3) is 0 Å². The molecule has 158 valence electrons. The van der Waals surface area contributed by atoms with Gasteiger partial charge in [-0.15, -0.1) is 10.2 Å². The first-order chi connectivity index (χ1) is 14.6. The predicted molar refractivity (Wildman–Crippen MR) is 124 cm³/mol. The number of halogens is 1. The number of ether oxygens (including phenoxy) is 1. The van der Waals surface area contributed by atoms with Gasteiger partial charge >= 0.3 is 0 Å². The molecule has 1 N–H and O–H groups in total. The summed E-state index contributed by atoms with van der Waals surface area (Å²) in [6.45, 7) is 3.13. The summed E-state index contributed by atoms with van der Waals surface area (Å²) in [5.41, 5.74) is 2.24. The summed E-state index contributed by atoms with van der Waals surface area (Å²) in [5.74, 6) is 1.03. The van der Waals surface area contributed by atoms with Gasteiger partial charge in [-0.25, -0.2) is 0 Å². The molecule has 0 bridgehead atoms. The molecule has 0 aliphatic heterocycles. The van der Waals surface area contributed by atoms with Crippen molar-refractivity contribution >= 4 is 33.6 Å². The SMILES string of the molecule is COCC(C)NC(=O)CSc1nnc(-c2ccc(Br)cc2)n1CCc1ccccc1. The standard InChI is InChI=1S/C22H25BrN4O2S/c1-16(14-29-2)24-20(28)15-30-22-26-25-21(18-8-10-19(23)11-9-18)27(22)13-12-17-6-4-3-5-7-17/h3-11,16H,12-15H2,1-2H3,(H,24,28). The lowest BCUT2D eigenvalue weighted by atomic mass is 10.1. The first kappa shape index (κ1) is 22.5. The van der Waals surface area contributed by atoms with Gasteiger partial charge in [0.2, 0.25) is 5.91 Å². The van der Waals surface area contributed by atoms with E-state index in [2.05, 4.69) is 48.1 Å². The number of carbonyl (C=O) groups excluding carboxylic acids is 1. The molecule has 30 heavy (non-hydrogen) atoms. The number of amides is 1. The number of aromatic nitrogens is 3. The van der Waals surface area contributed by atoms with Crippen molar-refractivity contribution in [1.82, 2.24) is 20.1 Å². The largest absolute Gasteiger partial charge is 0.383 e. The summed E-state index contributed by atoms with van der Waals surface area (Å²) >= 11 is 4.87. The van der Waals surface area contributed by atoms with Crippen LogP contribution in [0.1, 0.15) is 12.5 Å². The average Bonchev–Trinajstić information content (AvgIpc) is 3.15. The molecule has 0 aliphatic rings. The molecule has 2 aromatic carbocycles. The predicted octanol–water partition coefficient (Wildman–Crippen LogP) is 4.19. The molecular formula is C22H25BrN4O2S. The normalized spacial score (nSPS) is 12.0. The van der Waals surface area contributed by atoms with E-state index in [9.17, 15) is 4.79 Å². The van der Waals surface area contributed by atoms with Gasteiger partial charge in [0.15, 0.2) is 11.0 Å². The zero-order valence-corrected chi connectivity index (χ0v) is 19.4. The monoisotopic (exact) mass is 488 g/mol. The molecule has 1 aromatic heterocycles. The number of aryl methyl sites for hydroxylation is 1. The van der Waals surface area contributed by atoms with Crippen LogP contribution in [0.5, 0.6) is 0 Å². The van der Waals surface area contributed by atoms with Crippen LogP contribution in [0.15, 0.2) is 64.2 Å². The van der Waals surface area contributed by atoms with Crippen molar-refractivity contribution < 1.29 is 9.53 Å². The van der Waals surface area contributed by atoms with Gasteiger partial charge in [-0.2, -0.15) is 0 Å². The molecule has 3 rings (SSSR count). The topological polar surface area (TPSA) is 69.0 Å². The fourth-order valence-corrected chi connectivity index (χ4v) is 4.07. The second-order valence-corrected chi connectivity index (χ2v) is 8.77. The van der Waals surface area contributed by atoms with E-state index in [4.69, 9.17) is 4.74 Å². The van der Waals surface area contributed by atoms with Crippen molar-refractivity contribution in [1.29, 1.82) is 0 Å². The third-order valence-corrected chi connectivity index (χ3v) is 5.94. The number of hydrogen-bond acceptors (Lipinski definition) is 5. The Bertz CT molecular complexity index is 948. The van der Waals surface area contributed by atoms with E-state index in [1.807, 2.05) is 49.4 Å². The number of nitrogens with zero attached hydrogens (tertiary/aromatic N) is 3. The van der Waals surface area contributed by atoms with Crippen LogP contribution >= 0.6 is 27.7 Å². The number of nitrogens with one attached hydrogen (secondary N) is 1. The summed E-state index contributed by atoms with van der Waals surface area (Å²) in [4.78, 5) is 12.3. The lowest BCUT2D eigenvalue weighted by molar-refractivity contribution is -0.119. The zero-order chi connectivity index (χ0) is 21.3. The van der Waals surface area contributed by atoms with Gasteiger partial charge in [0.1, 0.15) is 0 Å². The highest BCUT2D eigenvalue weighted by Crippen LogP contribution is 2.25. The Morgan fingerprint density at radius 2 is 1.90 bits per heavy atom. The lowest BCUT2D eigenvalue weighted by Crippen LogP contribution is -2.36. The molecule has 1 heterocycles. The highest BCUT2D eigenvalue weighted by atomic mass is 79.9. The van der Waals surface area contributed by atoms with Gasteiger partial charge in [0.05, 0.1) is 12.4 Å². The highest BCUT2D eigenvalue weighted by Gasteiger charge is 2.16. The Balaban J connectivity index is 1.76. The van der Waals surface area contributed by atoms with Crippen LogP contribution in [0.2, 0.25) is 0 Å². The minimum atomic E-state index is -0.0487. The Morgan fingerprint density at radius 3 is 2.60 bits per heavy atom. The van der Waals surface area contributed by atoms with E-state index < -0.39 is 0 Å². The molecule has 0 radical (unpaired) electrons. The minimum absolute atomic E-state index is 0.0302. The summed E-state index contributed by atoms with van der Waals surface area (Å²) < 4.78 is 8.17. The molecule has 0 spiro atoms. The molecule has 0 saturated carbocycles. The van der Waals surface area contributed by atoms with E-state index in [-0.39, 0.29) is 17.7 Å². The Kier molecular flexibility index (Phi) is 8.48. The Morgan fingerprint density at radius 1 is 1.17 bits per heavy atom. The number of methoxy groups -OCH3 is 1. The van der Waals surface area contributed by atoms with Crippen LogP contribution in [0, 0.1) is 0 Å². The maximum atomic E-state index is 12.3. The van der Waals surface area contributed by atoms with Gasteiger partial charge < -0.3 is 14.6 Å². The van der Waals surface area contributed by atoms with E-state index in [0.717, 1.165) is 34.0 Å². The molecule has 1 unspecified atom stereocenters. The molecule has 6 nitrogen and oxygen atoms in total. The van der Waals surface area contributed by atoms with Crippen molar-refractivity contribution in [3.63, 3.8) is 0 Å². The first-order valence-corrected chi connectivity index (χ1v) is 11.5. The third-order valence-electron chi connectivity index (χ3n) is 4.44. The first-order valence-electron chi connectivity index (χ1n) is 9.71. The lowest BCUT2D eigenvalue weighted by Gasteiger charge is -2.13. The number of hydrogen-bond donors (Lipinski definition) is 1. The van der Waals surface area contributed by atoms with Crippen molar-refractivity contribution in [2.24, 2.45) is 0 Å². The Labute approximate surface area is 189 Å². The molecular weight excluding hydrogens is 464 g/mol. The van der Waals surface area contributed by atoms with Crippen LogP contribution in [0.3, 0.4) is 0 Å². The van der Waals surface area contributed by atoms with Gasteiger partial charge in [-0.05, 0) is 31.0 Å². The van der Waals surface area contributed by atoms with Gasteiger partial charge in [0, 0.05) is 29.7 Å². The smallest absolute Gasteiger partial charge is 0.230 e. The molecule has 0 saturated heterocycles. The van der Waals surface area contributed by atoms with Crippen molar-refractivity contribution in [2.75, 3.05) is 19.5 Å². The fraction of sp³-hybridized carbons (Fsp3) is 0.318. The highest BCUT2D eigenvalue weighted by molar-refractivity contribution is 9.10. The van der Waals surface area contributed by atoms with Gasteiger partial charge in [-0.3, -0.25) is 4.79 Å². The second kappa shape index (κ2) is 11.3. The van der Waals surface area contributed by atoms with Crippen LogP contribution in [-0.4, -0.2) is 46.2 Å². The maximum Gasteiger partial charge on any atom is 0.230 e. The average molecular weight is 489 g/mol. The molecule has 0 aliphatic carbocycles. The third kappa shape index (κ3) is 6.42. The van der Waals surface area contributed by atoms with Crippen LogP contribution in [-0.2, 0) is 22.5 Å². The van der Waals surface area contributed by atoms with Gasteiger partial charge in [-0.1, -0.05) is 70.2 Å². The Hall–Kier alpha value is -2.16. The van der Waals surface area contributed by atoms with E-state index in [1.165, 1.54) is 17.3 Å². The number of carbonyl (C=O) groups is 1. The maximum absolute atomic E-state index is 12.3. The molecule has 1 amide bonds. The van der Waals surface area contributed by atoms with Crippen LogP contribution in [0.25, 0.3) is 11.4 Å². The molecule has 3 aromatic rings. The summed E-state index contributed by atoms with van der Waals surface area (Å²) in [5, 5.41) is 12.5.